The van der Waals surface area contributed by atoms with Crippen molar-refractivity contribution >= 4 is 51.6 Å². The highest BCUT2D eigenvalue weighted by molar-refractivity contribution is 6.35. The number of nitrogens with one attached hydrogen (secondary N) is 3. The average Bonchev–Trinajstić information content (AvgIpc) is 2.57. The first-order valence-electron chi connectivity index (χ1n) is 7.35. The highest BCUT2D eigenvalue weighted by Crippen LogP contribution is 2.30. The van der Waals surface area contributed by atoms with E-state index in [0.29, 0.717) is 21.1 Å². The van der Waals surface area contributed by atoms with Crippen LogP contribution in [0.5, 0.6) is 0 Å². The van der Waals surface area contributed by atoms with E-state index in [4.69, 9.17) is 23.2 Å². The van der Waals surface area contributed by atoms with Crippen LogP contribution in [-0.2, 0) is 6.18 Å². The molecule has 1 heterocycles. The monoisotopic (exact) mass is 415 g/mol. The van der Waals surface area contributed by atoms with Crippen molar-refractivity contribution in [3.63, 3.8) is 0 Å². The minimum absolute atomic E-state index is 0.0751. The number of fused-ring (bicyclic) bond motifs is 1. The van der Waals surface area contributed by atoms with Gasteiger partial charge in [0, 0.05) is 21.1 Å². The van der Waals surface area contributed by atoms with Crippen molar-refractivity contribution in [2.45, 2.75) is 6.18 Å². The molecule has 0 spiro atoms. The number of halogens is 5. The standard InChI is InChI=1S/C16H10Cl2F3N5O/c17-8-5-9(18)7-10(6-8)22-15(27)26-25-13-11-3-1-2-4-12(11)23-14(24-13)16(19,20)21/h1-7H,(H2,22,26,27)(H,23,24,25). The highest BCUT2D eigenvalue weighted by Gasteiger charge is 2.35. The van der Waals surface area contributed by atoms with Gasteiger partial charge in [-0.05, 0) is 30.3 Å². The van der Waals surface area contributed by atoms with Gasteiger partial charge in [-0.2, -0.15) is 13.2 Å². The van der Waals surface area contributed by atoms with Crippen molar-refractivity contribution in [3.8, 4) is 0 Å². The summed E-state index contributed by atoms with van der Waals surface area (Å²) >= 11 is 11.7. The zero-order chi connectivity index (χ0) is 19.6. The molecule has 140 valence electrons. The molecule has 0 radical (unpaired) electrons. The lowest BCUT2D eigenvalue weighted by Crippen LogP contribution is -2.34. The minimum Gasteiger partial charge on any atom is -0.306 e. The van der Waals surface area contributed by atoms with Crippen LogP contribution in [0.2, 0.25) is 10.0 Å². The maximum atomic E-state index is 13.0. The summed E-state index contributed by atoms with van der Waals surface area (Å²) in [6.45, 7) is 0. The summed E-state index contributed by atoms with van der Waals surface area (Å²) < 4.78 is 38.9. The van der Waals surface area contributed by atoms with Gasteiger partial charge < -0.3 is 5.32 Å². The molecular weight excluding hydrogens is 406 g/mol. The highest BCUT2D eigenvalue weighted by atomic mass is 35.5. The molecule has 3 rings (SSSR count). The van der Waals surface area contributed by atoms with Crippen LogP contribution in [0.25, 0.3) is 10.9 Å². The van der Waals surface area contributed by atoms with Gasteiger partial charge in [0.05, 0.1) is 5.52 Å². The molecule has 2 amide bonds. The van der Waals surface area contributed by atoms with E-state index < -0.39 is 18.0 Å². The van der Waals surface area contributed by atoms with Crippen LogP contribution in [-0.4, -0.2) is 16.0 Å². The lowest BCUT2D eigenvalue weighted by atomic mass is 10.2. The lowest BCUT2D eigenvalue weighted by Gasteiger charge is -2.13. The fraction of sp³-hybridized carbons (Fsp3) is 0.0625. The fourth-order valence-corrected chi connectivity index (χ4v) is 2.73. The molecule has 0 unspecified atom stereocenters. The third-order valence-corrected chi connectivity index (χ3v) is 3.71. The van der Waals surface area contributed by atoms with E-state index in [9.17, 15) is 18.0 Å². The second-order valence-electron chi connectivity index (χ2n) is 5.27. The topological polar surface area (TPSA) is 78.9 Å². The number of amides is 2. The molecule has 11 heteroatoms. The first-order chi connectivity index (χ1) is 12.7. The number of hydrazine groups is 1. The van der Waals surface area contributed by atoms with Crippen LogP contribution >= 0.6 is 23.2 Å². The third-order valence-electron chi connectivity index (χ3n) is 3.27. The van der Waals surface area contributed by atoms with Gasteiger partial charge in [0.2, 0.25) is 5.82 Å². The van der Waals surface area contributed by atoms with Crippen molar-refractivity contribution in [2.75, 3.05) is 10.7 Å². The summed E-state index contributed by atoms with van der Waals surface area (Å²) in [5.74, 6) is -1.53. The molecule has 3 N–H and O–H groups in total. The van der Waals surface area contributed by atoms with E-state index in [1.807, 2.05) is 0 Å². The summed E-state index contributed by atoms with van der Waals surface area (Å²) in [7, 11) is 0. The van der Waals surface area contributed by atoms with Crippen molar-refractivity contribution in [3.05, 3.63) is 58.3 Å². The molecular formula is C16H10Cl2F3N5O. The van der Waals surface area contributed by atoms with Crippen LogP contribution in [0.15, 0.2) is 42.5 Å². The number of anilines is 2. The molecule has 0 aliphatic heterocycles. The van der Waals surface area contributed by atoms with Gasteiger partial charge in [0.25, 0.3) is 0 Å². The van der Waals surface area contributed by atoms with Crippen LogP contribution in [0, 0.1) is 0 Å². The number of urea groups is 1. The number of carbonyl (C=O) groups excluding carboxylic acids is 1. The van der Waals surface area contributed by atoms with Gasteiger partial charge in [-0.1, -0.05) is 35.3 Å². The molecule has 0 fully saturated rings. The minimum atomic E-state index is -4.74. The fourth-order valence-electron chi connectivity index (χ4n) is 2.20. The number of hydrogen-bond donors (Lipinski definition) is 3. The van der Waals surface area contributed by atoms with Crippen LogP contribution in [0.1, 0.15) is 5.82 Å². The predicted molar refractivity (Wildman–Crippen MR) is 96.8 cm³/mol. The van der Waals surface area contributed by atoms with Crippen molar-refractivity contribution in [2.24, 2.45) is 0 Å². The van der Waals surface area contributed by atoms with Crippen molar-refractivity contribution < 1.29 is 18.0 Å². The zero-order valence-corrected chi connectivity index (χ0v) is 14.7. The van der Waals surface area contributed by atoms with Crippen molar-refractivity contribution in [1.82, 2.24) is 15.4 Å². The largest absolute Gasteiger partial charge is 0.451 e. The summed E-state index contributed by atoms with van der Waals surface area (Å²) in [5.41, 5.74) is 4.96. The number of benzene rings is 2. The SMILES string of the molecule is O=C(NNc1nc(C(F)(F)F)nc2ccccc12)Nc1cc(Cl)cc(Cl)c1. The Morgan fingerprint density at radius 3 is 2.33 bits per heavy atom. The quantitative estimate of drug-likeness (QED) is 0.519. The summed E-state index contributed by atoms with van der Waals surface area (Å²) in [6, 6.07) is 9.71. The van der Waals surface area contributed by atoms with Gasteiger partial charge in [-0.3, -0.25) is 10.9 Å². The number of alkyl halides is 3. The molecule has 0 atom stereocenters. The second kappa shape index (κ2) is 7.45. The Kier molecular flexibility index (Phi) is 5.24. The molecule has 0 saturated carbocycles. The number of para-hydroxylation sites is 1. The molecule has 1 aromatic heterocycles. The Balaban J connectivity index is 1.80. The Morgan fingerprint density at radius 2 is 1.67 bits per heavy atom. The number of aromatic nitrogens is 2. The summed E-state index contributed by atoms with van der Waals surface area (Å²) in [4.78, 5) is 18.9. The number of nitrogens with zero attached hydrogens (tertiary/aromatic N) is 2. The first kappa shape index (κ1) is 19.0. The predicted octanol–water partition coefficient (Wildman–Crippen LogP) is 5.10. The molecule has 2 aromatic carbocycles. The van der Waals surface area contributed by atoms with Gasteiger partial charge in [-0.15, -0.1) is 0 Å². The van der Waals surface area contributed by atoms with E-state index in [1.54, 1.807) is 12.1 Å². The normalized spacial score (nSPS) is 11.3. The zero-order valence-electron chi connectivity index (χ0n) is 13.2. The molecule has 0 aliphatic rings. The Morgan fingerprint density at radius 1 is 1.00 bits per heavy atom. The Hall–Kier alpha value is -2.78. The second-order valence-corrected chi connectivity index (χ2v) is 6.15. The van der Waals surface area contributed by atoms with Crippen LogP contribution in [0.3, 0.4) is 0 Å². The maximum Gasteiger partial charge on any atom is 0.451 e. The van der Waals surface area contributed by atoms with Gasteiger partial charge in [0.1, 0.15) is 0 Å². The molecule has 0 bridgehead atoms. The third kappa shape index (κ3) is 4.69. The number of rotatable bonds is 3. The van der Waals surface area contributed by atoms with Crippen LogP contribution < -0.4 is 16.2 Å². The lowest BCUT2D eigenvalue weighted by molar-refractivity contribution is -0.144. The molecule has 3 aromatic rings. The van der Waals surface area contributed by atoms with E-state index in [1.165, 1.54) is 30.3 Å². The molecule has 0 saturated heterocycles. The van der Waals surface area contributed by atoms with Crippen molar-refractivity contribution in [1.29, 1.82) is 0 Å². The number of carbonyl (C=O) groups is 1. The molecule has 6 nitrogen and oxygen atoms in total. The van der Waals surface area contributed by atoms with E-state index in [0.717, 1.165) is 0 Å². The molecule has 27 heavy (non-hydrogen) atoms. The van der Waals surface area contributed by atoms with Gasteiger partial charge in [0.15, 0.2) is 5.82 Å². The Bertz CT molecular complexity index is 993. The molecule has 0 aliphatic carbocycles. The van der Waals surface area contributed by atoms with E-state index >= 15 is 0 Å². The van der Waals surface area contributed by atoms with Gasteiger partial charge in [-0.25, -0.2) is 14.8 Å². The maximum absolute atomic E-state index is 13.0. The van der Waals surface area contributed by atoms with Crippen LogP contribution in [0.4, 0.5) is 29.5 Å². The Labute approximate surface area is 160 Å². The smallest absolute Gasteiger partial charge is 0.306 e. The first-order valence-corrected chi connectivity index (χ1v) is 8.11. The summed E-state index contributed by atoms with van der Waals surface area (Å²) in [6.07, 6.45) is -4.74. The van der Waals surface area contributed by atoms with E-state index in [2.05, 4.69) is 26.1 Å². The summed E-state index contributed by atoms with van der Waals surface area (Å²) in [5, 5.41) is 3.36. The van der Waals surface area contributed by atoms with Gasteiger partial charge >= 0.3 is 12.2 Å². The average molecular weight is 416 g/mol. The van der Waals surface area contributed by atoms with E-state index in [-0.39, 0.29) is 11.3 Å². The number of hydrogen-bond acceptors (Lipinski definition) is 4.